The van der Waals surface area contributed by atoms with Crippen LogP contribution in [0.5, 0.6) is 5.75 Å². The Morgan fingerprint density at radius 3 is 2.62 bits per heavy atom. The highest BCUT2D eigenvalue weighted by Gasteiger charge is 2.35. The fourth-order valence-corrected chi connectivity index (χ4v) is 4.75. The van der Waals surface area contributed by atoms with Gasteiger partial charge in [-0.2, -0.15) is 0 Å². The van der Waals surface area contributed by atoms with E-state index in [-0.39, 0.29) is 23.4 Å². The van der Waals surface area contributed by atoms with E-state index in [9.17, 15) is 4.39 Å². The number of hydrogen-bond acceptors (Lipinski definition) is 8. The number of anilines is 4. The van der Waals surface area contributed by atoms with Crippen LogP contribution in [-0.2, 0) is 4.74 Å². The van der Waals surface area contributed by atoms with Gasteiger partial charge in [0.25, 0.3) is 0 Å². The second-order valence-corrected chi connectivity index (χ2v) is 10.4. The SMILES string of the molecule is CC(C)N1CC(C)(C)Oc2c(F)cc(-c3nc(Nc4ccc(N(C)C5CCOC5)cn4)ncc3F)cc21. The van der Waals surface area contributed by atoms with Gasteiger partial charge >= 0.3 is 0 Å². The molecule has 1 saturated heterocycles. The van der Waals surface area contributed by atoms with E-state index in [0.29, 0.717) is 36.3 Å². The van der Waals surface area contributed by atoms with Gasteiger partial charge < -0.3 is 24.6 Å². The first-order valence-corrected chi connectivity index (χ1v) is 12.5. The van der Waals surface area contributed by atoms with Crippen LogP contribution >= 0.6 is 0 Å². The van der Waals surface area contributed by atoms with Gasteiger partial charge in [-0.15, -0.1) is 0 Å². The highest BCUT2D eigenvalue weighted by atomic mass is 19.1. The number of ether oxygens (including phenoxy) is 2. The van der Waals surface area contributed by atoms with Crippen LogP contribution in [0.2, 0.25) is 0 Å². The number of halogens is 2. The van der Waals surface area contributed by atoms with Crippen LogP contribution < -0.4 is 19.9 Å². The Balaban J connectivity index is 1.41. The minimum Gasteiger partial charge on any atom is -0.481 e. The molecule has 1 atom stereocenters. The van der Waals surface area contributed by atoms with Crippen molar-refractivity contribution in [3.05, 3.63) is 48.3 Å². The minimum absolute atomic E-state index is 0.00896. The van der Waals surface area contributed by atoms with Crippen molar-refractivity contribution in [3.63, 3.8) is 0 Å². The van der Waals surface area contributed by atoms with Crippen molar-refractivity contribution < 1.29 is 18.3 Å². The molecule has 0 amide bonds. The zero-order valence-electron chi connectivity index (χ0n) is 21.8. The second kappa shape index (κ2) is 9.74. The number of benzene rings is 1. The summed E-state index contributed by atoms with van der Waals surface area (Å²) in [6.07, 6.45) is 3.81. The second-order valence-electron chi connectivity index (χ2n) is 10.4. The van der Waals surface area contributed by atoms with Crippen molar-refractivity contribution in [2.24, 2.45) is 0 Å². The first-order chi connectivity index (χ1) is 17.6. The highest BCUT2D eigenvalue weighted by molar-refractivity contribution is 5.73. The maximum absolute atomic E-state index is 15.2. The van der Waals surface area contributed by atoms with Crippen LogP contribution in [0, 0.1) is 11.6 Å². The molecule has 2 aliphatic rings. The molecular formula is C27H32F2N6O2. The molecular weight excluding hydrogens is 478 g/mol. The van der Waals surface area contributed by atoms with Crippen LogP contribution in [-0.4, -0.2) is 59.4 Å². The largest absolute Gasteiger partial charge is 0.481 e. The summed E-state index contributed by atoms with van der Waals surface area (Å²) in [5.74, 6) is -0.379. The predicted octanol–water partition coefficient (Wildman–Crippen LogP) is 5.17. The topological polar surface area (TPSA) is 75.6 Å². The van der Waals surface area contributed by atoms with E-state index in [2.05, 4.69) is 30.1 Å². The minimum atomic E-state index is -0.651. The lowest BCUT2D eigenvalue weighted by atomic mass is 10.0. The third-order valence-corrected chi connectivity index (χ3v) is 6.75. The summed E-state index contributed by atoms with van der Waals surface area (Å²) >= 11 is 0. The average Bonchev–Trinajstić information content (AvgIpc) is 3.40. The molecule has 37 heavy (non-hydrogen) atoms. The molecule has 1 aromatic carbocycles. The molecule has 3 aromatic rings. The first kappa shape index (κ1) is 25.1. The van der Waals surface area contributed by atoms with Gasteiger partial charge in [-0.25, -0.2) is 23.7 Å². The highest BCUT2D eigenvalue weighted by Crippen LogP contribution is 2.43. The molecule has 0 spiro atoms. The fourth-order valence-electron chi connectivity index (χ4n) is 4.75. The van der Waals surface area contributed by atoms with Gasteiger partial charge in [-0.05, 0) is 58.4 Å². The Labute approximate surface area is 215 Å². The van der Waals surface area contributed by atoms with E-state index in [1.165, 1.54) is 6.07 Å². The zero-order chi connectivity index (χ0) is 26.3. The van der Waals surface area contributed by atoms with Gasteiger partial charge in [-0.1, -0.05) is 0 Å². The molecule has 4 heterocycles. The summed E-state index contributed by atoms with van der Waals surface area (Å²) in [4.78, 5) is 17.1. The summed E-state index contributed by atoms with van der Waals surface area (Å²) in [5, 5.41) is 3.02. The molecule has 0 radical (unpaired) electrons. The van der Waals surface area contributed by atoms with E-state index < -0.39 is 17.2 Å². The van der Waals surface area contributed by atoms with Crippen LogP contribution in [0.1, 0.15) is 34.1 Å². The Morgan fingerprint density at radius 2 is 1.95 bits per heavy atom. The van der Waals surface area contributed by atoms with Crippen molar-refractivity contribution in [2.45, 2.75) is 51.8 Å². The zero-order valence-corrected chi connectivity index (χ0v) is 21.8. The summed E-state index contributed by atoms with van der Waals surface area (Å²) < 4.78 is 41.5. The van der Waals surface area contributed by atoms with E-state index in [1.807, 2.05) is 46.9 Å². The molecule has 1 unspecified atom stereocenters. The number of aromatic nitrogens is 3. The van der Waals surface area contributed by atoms with Crippen LogP contribution in [0.3, 0.4) is 0 Å². The lowest BCUT2D eigenvalue weighted by Gasteiger charge is -2.43. The van der Waals surface area contributed by atoms with Gasteiger partial charge in [0.2, 0.25) is 5.95 Å². The Morgan fingerprint density at radius 1 is 1.14 bits per heavy atom. The lowest BCUT2D eigenvalue weighted by molar-refractivity contribution is 0.0967. The third-order valence-electron chi connectivity index (χ3n) is 6.75. The number of fused-ring (bicyclic) bond motifs is 1. The molecule has 0 aliphatic carbocycles. The number of pyridine rings is 1. The van der Waals surface area contributed by atoms with E-state index in [4.69, 9.17) is 9.47 Å². The van der Waals surface area contributed by atoms with E-state index in [0.717, 1.165) is 24.9 Å². The van der Waals surface area contributed by atoms with Crippen molar-refractivity contribution in [2.75, 3.05) is 41.9 Å². The Kier molecular flexibility index (Phi) is 6.61. The molecule has 1 fully saturated rings. The van der Waals surface area contributed by atoms with Gasteiger partial charge in [0.15, 0.2) is 17.4 Å². The molecule has 5 rings (SSSR count). The van der Waals surface area contributed by atoms with Crippen LogP contribution in [0.15, 0.2) is 36.7 Å². The molecule has 8 nitrogen and oxygen atoms in total. The normalized spacial score (nSPS) is 18.5. The molecule has 0 bridgehead atoms. The van der Waals surface area contributed by atoms with Crippen molar-refractivity contribution >= 4 is 23.1 Å². The average molecular weight is 511 g/mol. The molecule has 10 heteroatoms. The number of likely N-dealkylation sites (N-methyl/N-ethyl adjacent to an activating group) is 1. The number of hydrogen-bond donors (Lipinski definition) is 1. The molecule has 0 saturated carbocycles. The van der Waals surface area contributed by atoms with Crippen LogP contribution in [0.4, 0.5) is 31.9 Å². The monoisotopic (exact) mass is 510 g/mol. The van der Waals surface area contributed by atoms with Crippen LogP contribution in [0.25, 0.3) is 11.3 Å². The summed E-state index contributed by atoms with van der Waals surface area (Å²) in [7, 11) is 2.02. The summed E-state index contributed by atoms with van der Waals surface area (Å²) in [5.41, 5.74) is 1.28. The molecule has 196 valence electrons. The summed E-state index contributed by atoms with van der Waals surface area (Å²) in [6.45, 7) is 9.93. The number of nitrogens with zero attached hydrogens (tertiary/aromatic N) is 5. The summed E-state index contributed by atoms with van der Waals surface area (Å²) in [6, 6.07) is 7.15. The van der Waals surface area contributed by atoms with Gasteiger partial charge in [0, 0.05) is 25.3 Å². The van der Waals surface area contributed by atoms with Gasteiger partial charge in [0.05, 0.1) is 43.0 Å². The van der Waals surface area contributed by atoms with Crippen molar-refractivity contribution in [3.8, 4) is 17.0 Å². The Bertz CT molecular complexity index is 1280. The van der Waals surface area contributed by atoms with Crippen molar-refractivity contribution in [1.29, 1.82) is 0 Å². The maximum atomic E-state index is 15.2. The number of nitrogens with one attached hydrogen (secondary N) is 1. The van der Waals surface area contributed by atoms with Gasteiger partial charge in [0.1, 0.15) is 17.1 Å². The fraction of sp³-hybridized carbons (Fsp3) is 0.444. The third kappa shape index (κ3) is 5.16. The molecule has 2 aromatic heterocycles. The smallest absolute Gasteiger partial charge is 0.229 e. The lowest BCUT2D eigenvalue weighted by Crippen LogP contribution is -2.49. The first-order valence-electron chi connectivity index (χ1n) is 12.5. The predicted molar refractivity (Wildman–Crippen MR) is 140 cm³/mol. The quantitative estimate of drug-likeness (QED) is 0.487. The maximum Gasteiger partial charge on any atom is 0.229 e. The van der Waals surface area contributed by atoms with E-state index >= 15 is 4.39 Å². The standard InChI is InChI=1S/C27H32F2N6O2/c1-16(2)35-15-27(3,4)37-25-20(28)10-17(11-22(25)35)24-21(29)13-31-26(33-24)32-23-7-6-18(12-30-23)34(5)19-8-9-36-14-19/h6-7,10-13,16,19H,8-9,14-15H2,1-5H3,(H,30,31,32,33). The van der Waals surface area contributed by atoms with Crippen molar-refractivity contribution in [1.82, 2.24) is 15.0 Å². The number of rotatable bonds is 6. The van der Waals surface area contributed by atoms with E-state index in [1.54, 1.807) is 12.3 Å². The molecule has 1 N–H and O–H groups in total. The Hall–Kier alpha value is -3.53. The van der Waals surface area contributed by atoms with Gasteiger partial charge in [-0.3, -0.25) is 0 Å². The molecule has 2 aliphatic heterocycles.